The van der Waals surface area contributed by atoms with Crippen molar-refractivity contribution >= 4 is 17.5 Å². The van der Waals surface area contributed by atoms with E-state index < -0.39 is 6.10 Å². The van der Waals surface area contributed by atoms with Gasteiger partial charge in [-0.2, -0.15) is 0 Å². The smallest absolute Gasteiger partial charge is 0.268 e. The number of nitrogens with one attached hydrogen (secondary N) is 1. The molecule has 0 spiro atoms. The number of nitrogens with zero attached hydrogens (tertiary/aromatic N) is 2. The molecule has 128 valence electrons. The fourth-order valence-electron chi connectivity index (χ4n) is 3.93. The van der Waals surface area contributed by atoms with Gasteiger partial charge in [0, 0.05) is 25.2 Å². The molecule has 0 radical (unpaired) electrons. The summed E-state index contributed by atoms with van der Waals surface area (Å²) in [5.41, 5.74) is 0.684. The van der Waals surface area contributed by atoms with Gasteiger partial charge in [-0.05, 0) is 38.3 Å². The highest BCUT2D eigenvalue weighted by molar-refractivity contribution is 6.03. The predicted molar refractivity (Wildman–Crippen MR) is 90.0 cm³/mol. The van der Waals surface area contributed by atoms with E-state index in [0.29, 0.717) is 23.5 Å². The fourth-order valence-corrected chi connectivity index (χ4v) is 3.93. The van der Waals surface area contributed by atoms with Crippen LogP contribution < -0.4 is 15.0 Å². The van der Waals surface area contributed by atoms with Gasteiger partial charge in [0.1, 0.15) is 12.3 Å². The monoisotopic (exact) mass is 329 g/mol. The van der Waals surface area contributed by atoms with E-state index in [1.54, 1.807) is 11.8 Å². The molecule has 6 nitrogen and oxygen atoms in total. The van der Waals surface area contributed by atoms with E-state index in [4.69, 9.17) is 4.74 Å². The average Bonchev–Trinajstić information content (AvgIpc) is 2.90. The fraction of sp³-hybridized carbons (Fsp3) is 0.556. The van der Waals surface area contributed by atoms with Gasteiger partial charge in [0.2, 0.25) is 5.91 Å². The lowest BCUT2D eigenvalue weighted by Gasteiger charge is -2.34. The van der Waals surface area contributed by atoms with Crippen LogP contribution in [0.4, 0.5) is 5.69 Å². The third-order valence-corrected chi connectivity index (χ3v) is 5.24. The van der Waals surface area contributed by atoms with Crippen LogP contribution in [0.5, 0.6) is 5.75 Å². The first-order valence-electron chi connectivity index (χ1n) is 8.72. The molecule has 2 fully saturated rings. The van der Waals surface area contributed by atoms with E-state index in [0.717, 1.165) is 25.9 Å². The summed E-state index contributed by atoms with van der Waals surface area (Å²) in [5, 5.41) is 3.58. The second-order valence-electron chi connectivity index (χ2n) is 6.92. The molecular formula is C18H23N3O3. The van der Waals surface area contributed by atoms with Gasteiger partial charge in [0.25, 0.3) is 5.91 Å². The first-order chi connectivity index (χ1) is 11.6. The van der Waals surface area contributed by atoms with E-state index in [9.17, 15) is 9.59 Å². The Morgan fingerprint density at radius 3 is 2.92 bits per heavy atom. The van der Waals surface area contributed by atoms with Crippen LogP contribution in [0.15, 0.2) is 24.3 Å². The Kier molecular flexibility index (Phi) is 3.92. The minimum Gasteiger partial charge on any atom is -0.479 e. The Hall–Kier alpha value is -2.08. The van der Waals surface area contributed by atoms with Gasteiger partial charge in [-0.15, -0.1) is 0 Å². The molecule has 1 aromatic rings. The molecular weight excluding hydrogens is 306 g/mol. The van der Waals surface area contributed by atoms with E-state index in [-0.39, 0.29) is 18.4 Å². The van der Waals surface area contributed by atoms with Crippen LogP contribution in [-0.2, 0) is 9.59 Å². The number of hydrogen-bond donors (Lipinski definition) is 1. The third kappa shape index (κ3) is 2.75. The summed E-state index contributed by atoms with van der Waals surface area (Å²) in [4.78, 5) is 28.8. The van der Waals surface area contributed by atoms with Gasteiger partial charge in [-0.3, -0.25) is 14.5 Å². The maximum absolute atomic E-state index is 12.8. The van der Waals surface area contributed by atoms with Crippen molar-refractivity contribution < 1.29 is 14.3 Å². The van der Waals surface area contributed by atoms with Crippen molar-refractivity contribution in [1.29, 1.82) is 0 Å². The number of amides is 2. The van der Waals surface area contributed by atoms with Crippen LogP contribution in [0, 0.1) is 0 Å². The molecule has 0 aliphatic carbocycles. The number of rotatable bonds is 2. The van der Waals surface area contributed by atoms with Crippen molar-refractivity contribution in [3.8, 4) is 5.75 Å². The van der Waals surface area contributed by atoms with E-state index in [1.165, 1.54) is 6.42 Å². The topological polar surface area (TPSA) is 61.9 Å². The predicted octanol–water partition coefficient (Wildman–Crippen LogP) is 1.15. The number of likely N-dealkylation sites (tertiary alicyclic amines) is 1. The van der Waals surface area contributed by atoms with Gasteiger partial charge in [-0.1, -0.05) is 12.1 Å². The van der Waals surface area contributed by atoms with Crippen molar-refractivity contribution in [1.82, 2.24) is 10.2 Å². The molecule has 2 bridgehead atoms. The number of anilines is 1. The molecule has 3 atom stereocenters. The molecule has 1 aromatic carbocycles. The Bertz CT molecular complexity index is 663. The molecule has 3 heterocycles. The highest BCUT2D eigenvalue weighted by Gasteiger charge is 2.35. The molecule has 3 aliphatic heterocycles. The van der Waals surface area contributed by atoms with Crippen LogP contribution in [0.25, 0.3) is 0 Å². The van der Waals surface area contributed by atoms with Crippen LogP contribution >= 0.6 is 0 Å². The van der Waals surface area contributed by atoms with Crippen molar-refractivity contribution in [2.75, 3.05) is 24.5 Å². The van der Waals surface area contributed by atoms with Crippen LogP contribution in [0.2, 0.25) is 0 Å². The minimum atomic E-state index is -0.561. The molecule has 3 aliphatic rings. The molecule has 4 rings (SSSR count). The summed E-state index contributed by atoms with van der Waals surface area (Å²) in [6.45, 7) is 3.32. The summed E-state index contributed by atoms with van der Waals surface area (Å²) in [5.74, 6) is 0.520. The quantitative estimate of drug-likeness (QED) is 0.884. The van der Waals surface area contributed by atoms with Crippen LogP contribution in [-0.4, -0.2) is 54.5 Å². The summed E-state index contributed by atoms with van der Waals surface area (Å²) in [6.07, 6.45) is 2.77. The molecule has 6 heteroatoms. The Labute approximate surface area is 141 Å². The highest BCUT2D eigenvalue weighted by atomic mass is 16.5. The zero-order chi connectivity index (χ0) is 16.7. The maximum Gasteiger partial charge on any atom is 0.268 e. The van der Waals surface area contributed by atoms with Crippen molar-refractivity contribution in [2.24, 2.45) is 0 Å². The van der Waals surface area contributed by atoms with Crippen molar-refractivity contribution in [3.05, 3.63) is 24.3 Å². The number of ether oxygens (including phenoxy) is 1. The second kappa shape index (κ2) is 6.09. The number of carbonyl (C=O) groups excluding carboxylic acids is 2. The standard InChI is InChI=1S/C18H23N3O3/c1-12-18(23)21(15-4-2-3-5-16(15)24-12)11-17(22)20-9-8-13-6-7-14(10-20)19-13/h2-5,12-14,19H,6-11H2,1H3. The van der Waals surface area contributed by atoms with Gasteiger partial charge in [-0.25, -0.2) is 0 Å². The molecule has 24 heavy (non-hydrogen) atoms. The summed E-state index contributed by atoms with van der Waals surface area (Å²) >= 11 is 0. The Balaban J connectivity index is 1.51. The first-order valence-corrected chi connectivity index (χ1v) is 8.72. The lowest BCUT2D eigenvalue weighted by atomic mass is 10.1. The molecule has 1 N–H and O–H groups in total. The number of hydrogen-bond acceptors (Lipinski definition) is 4. The van der Waals surface area contributed by atoms with Gasteiger partial charge >= 0.3 is 0 Å². The SMILES string of the molecule is CC1Oc2ccccc2N(CC(=O)N2CCC3CCC(C2)N3)C1=O. The van der Waals surface area contributed by atoms with E-state index in [1.807, 2.05) is 29.2 Å². The highest BCUT2D eigenvalue weighted by Crippen LogP contribution is 2.33. The third-order valence-electron chi connectivity index (χ3n) is 5.24. The lowest BCUT2D eigenvalue weighted by molar-refractivity contribution is -0.133. The summed E-state index contributed by atoms with van der Waals surface area (Å²) < 4.78 is 5.64. The van der Waals surface area contributed by atoms with Gasteiger partial charge in [0.05, 0.1) is 5.69 Å². The summed E-state index contributed by atoms with van der Waals surface area (Å²) in [6, 6.07) is 8.34. The average molecular weight is 329 g/mol. The minimum absolute atomic E-state index is 0.0154. The lowest BCUT2D eigenvalue weighted by Crippen LogP contribution is -2.50. The second-order valence-corrected chi connectivity index (χ2v) is 6.92. The number of carbonyl (C=O) groups is 2. The Morgan fingerprint density at radius 2 is 2.04 bits per heavy atom. The van der Waals surface area contributed by atoms with Crippen molar-refractivity contribution in [2.45, 2.75) is 44.4 Å². The van der Waals surface area contributed by atoms with Crippen LogP contribution in [0.1, 0.15) is 26.2 Å². The van der Waals surface area contributed by atoms with E-state index in [2.05, 4.69) is 5.32 Å². The number of fused-ring (bicyclic) bond motifs is 3. The van der Waals surface area contributed by atoms with Crippen molar-refractivity contribution in [3.63, 3.8) is 0 Å². The normalized spacial score (nSPS) is 29.0. The molecule has 2 saturated heterocycles. The first kappa shape index (κ1) is 15.4. The number of para-hydroxylation sites is 2. The number of benzene rings is 1. The zero-order valence-corrected chi connectivity index (χ0v) is 13.9. The van der Waals surface area contributed by atoms with Crippen LogP contribution in [0.3, 0.4) is 0 Å². The van der Waals surface area contributed by atoms with Gasteiger partial charge in [0.15, 0.2) is 6.10 Å². The molecule has 0 aromatic heterocycles. The molecule has 3 unspecified atom stereocenters. The molecule has 2 amide bonds. The summed E-state index contributed by atoms with van der Waals surface area (Å²) in [7, 11) is 0. The van der Waals surface area contributed by atoms with E-state index >= 15 is 0 Å². The zero-order valence-electron chi connectivity index (χ0n) is 13.9. The molecule has 0 saturated carbocycles. The Morgan fingerprint density at radius 1 is 1.25 bits per heavy atom. The largest absolute Gasteiger partial charge is 0.479 e. The van der Waals surface area contributed by atoms with Gasteiger partial charge < -0.3 is 15.0 Å². The maximum atomic E-state index is 12.8.